The van der Waals surface area contributed by atoms with Crippen molar-refractivity contribution in [3.63, 3.8) is 0 Å². The van der Waals surface area contributed by atoms with Crippen LogP contribution >= 0.6 is 22.9 Å². The summed E-state index contributed by atoms with van der Waals surface area (Å²) >= 11 is 6.93. The van der Waals surface area contributed by atoms with Gasteiger partial charge in [-0.3, -0.25) is 9.40 Å². The zero-order valence-corrected chi connectivity index (χ0v) is 13.5. The van der Waals surface area contributed by atoms with Crippen molar-refractivity contribution in [3.05, 3.63) is 27.7 Å². The first-order valence-electron chi connectivity index (χ1n) is 5.79. The number of rotatable bonds is 5. The van der Waals surface area contributed by atoms with Crippen molar-refractivity contribution in [2.75, 3.05) is 11.8 Å². The van der Waals surface area contributed by atoms with E-state index in [0.29, 0.717) is 6.54 Å². The van der Waals surface area contributed by atoms with Crippen LogP contribution in [0.25, 0.3) is 0 Å². The molecule has 7 nitrogen and oxygen atoms in total. The van der Waals surface area contributed by atoms with Crippen LogP contribution in [0, 0.1) is 0 Å². The van der Waals surface area contributed by atoms with E-state index in [1.807, 2.05) is 6.92 Å². The molecule has 0 bridgehead atoms. The van der Waals surface area contributed by atoms with Crippen molar-refractivity contribution in [2.45, 2.75) is 18.4 Å². The molecule has 0 saturated heterocycles. The summed E-state index contributed by atoms with van der Waals surface area (Å²) in [6, 6.07) is 0. The number of aryl methyl sites for hydroxylation is 1. The third kappa shape index (κ3) is 3.20. The highest BCUT2D eigenvalue weighted by Gasteiger charge is 2.24. The Balaban J connectivity index is 2.37. The van der Waals surface area contributed by atoms with E-state index in [1.54, 1.807) is 0 Å². The normalized spacial score (nSPS) is 11.4. The zero-order valence-electron chi connectivity index (χ0n) is 11.2. The number of hydrogen-bond acceptors (Lipinski definition) is 6. The number of nitrogens with zero attached hydrogens (tertiary/aromatic N) is 2. The lowest BCUT2D eigenvalue weighted by molar-refractivity contribution is 0.0607. The first-order valence-corrected chi connectivity index (χ1v) is 8.53. The number of sulfonamides is 1. The molecule has 0 atom stereocenters. The van der Waals surface area contributed by atoms with Crippen LogP contribution < -0.4 is 4.72 Å². The van der Waals surface area contributed by atoms with Gasteiger partial charge in [-0.1, -0.05) is 11.6 Å². The third-order valence-electron chi connectivity index (χ3n) is 2.60. The van der Waals surface area contributed by atoms with Gasteiger partial charge in [0, 0.05) is 18.1 Å². The highest BCUT2D eigenvalue weighted by molar-refractivity contribution is 7.92. The number of hydrogen-bond donors (Lipinski definition) is 1. The standard InChI is InChI=1S/C11H12ClN3O4S2/c1-3-15-5-7(4-13-15)21(17,18)14-9-8(12)6-20-10(9)11(16)19-2/h4-6,14H,3H2,1-2H3. The van der Waals surface area contributed by atoms with Gasteiger partial charge in [-0.2, -0.15) is 5.10 Å². The molecule has 10 heteroatoms. The molecule has 0 aliphatic rings. The fourth-order valence-corrected chi connectivity index (χ4v) is 3.82. The Bertz CT molecular complexity index is 766. The fourth-order valence-electron chi connectivity index (χ4n) is 1.52. The molecule has 0 radical (unpaired) electrons. The number of methoxy groups -OCH3 is 1. The monoisotopic (exact) mass is 349 g/mol. The van der Waals surface area contributed by atoms with Gasteiger partial charge in [0.25, 0.3) is 10.0 Å². The Morgan fingerprint density at radius 2 is 2.29 bits per heavy atom. The summed E-state index contributed by atoms with van der Waals surface area (Å²) in [4.78, 5) is 11.7. The molecule has 114 valence electrons. The summed E-state index contributed by atoms with van der Waals surface area (Å²) in [5.74, 6) is -0.658. The Morgan fingerprint density at radius 3 is 2.86 bits per heavy atom. The molecule has 2 aromatic rings. The molecule has 0 aliphatic heterocycles. The molecule has 0 amide bonds. The summed E-state index contributed by atoms with van der Waals surface area (Å²) in [6.45, 7) is 2.38. The lowest BCUT2D eigenvalue weighted by Gasteiger charge is -2.07. The first kappa shape index (κ1) is 15.8. The Hall–Kier alpha value is -1.58. The van der Waals surface area contributed by atoms with Gasteiger partial charge in [0.05, 0.1) is 24.0 Å². The number of anilines is 1. The topological polar surface area (TPSA) is 90.3 Å². The van der Waals surface area contributed by atoms with E-state index in [9.17, 15) is 13.2 Å². The molecular formula is C11H12ClN3O4S2. The van der Waals surface area contributed by atoms with Gasteiger partial charge in [0.2, 0.25) is 0 Å². The van der Waals surface area contributed by atoms with Crippen molar-refractivity contribution >= 4 is 44.6 Å². The molecular weight excluding hydrogens is 338 g/mol. The van der Waals surface area contributed by atoms with Crippen LogP contribution in [0.15, 0.2) is 22.7 Å². The van der Waals surface area contributed by atoms with Crippen LogP contribution in [0.5, 0.6) is 0 Å². The van der Waals surface area contributed by atoms with Gasteiger partial charge in [0.1, 0.15) is 9.77 Å². The minimum Gasteiger partial charge on any atom is -0.465 e. The van der Waals surface area contributed by atoms with Crippen LogP contribution in [0.1, 0.15) is 16.6 Å². The number of ether oxygens (including phenoxy) is 1. The van der Waals surface area contributed by atoms with Crippen molar-refractivity contribution in [1.29, 1.82) is 0 Å². The number of carbonyl (C=O) groups is 1. The van der Waals surface area contributed by atoms with Gasteiger partial charge in [-0.15, -0.1) is 11.3 Å². The van der Waals surface area contributed by atoms with E-state index in [0.717, 1.165) is 11.3 Å². The maximum absolute atomic E-state index is 12.3. The van der Waals surface area contributed by atoms with Gasteiger partial charge >= 0.3 is 5.97 Å². The minimum absolute atomic E-state index is 0.0116. The highest BCUT2D eigenvalue weighted by atomic mass is 35.5. The summed E-state index contributed by atoms with van der Waals surface area (Å²) in [5, 5.41) is 5.49. The Kier molecular flexibility index (Phi) is 4.55. The molecule has 2 rings (SSSR count). The van der Waals surface area contributed by atoms with E-state index in [2.05, 4.69) is 14.6 Å². The maximum Gasteiger partial charge on any atom is 0.350 e. The van der Waals surface area contributed by atoms with Crippen LogP contribution in [0.3, 0.4) is 0 Å². The predicted molar refractivity (Wildman–Crippen MR) is 79.4 cm³/mol. The summed E-state index contributed by atoms with van der Waals surface area (Å²) in [6.07, 6.45) is 2.62. The average molecular weight is 350 g/mol. The lowest BCUT2D eigenvalue weighted by atomic mass is 10.4. The SMILES string of the molecule is CCn1cc(S(=O)(=O)Nc2c(Cl)csc2C(=O)OC)cn1. The fraction of sp³-hybridized carbons (Fsp3) is 0.273. The average Bonchev–Trinajstić information content (AvgIpc) is 3.06. The van der Waals surface area contributed by atoms with Gasteiger partial charge in [0.15, 0.2) is 0 Å². The predicted octanol–water partition coefficient (Wildman–Crippen LogP) is 2.21. The number of halogens is 1. The second-order valence-electron chi connectivity index (χ2n) is 3.92. The second-order valence-corrected chi connectivity index (χ2v) is 6.89. The van der Waals surface area contributed by atoms with Gasteiger partial charge < -0.3 is 4.74 Å². The quantitative estimate of drug-likeness (QED) is 0.836. The first-order chi connectivity index (χ1) is 9.89. The van der Waals surface area contributed by atoms with Crippen LogP contribution in [-0.2, 0) is 21.3 Å². The minimum atomic E-state index is -3.88. The smallest absolute Gasteiger partial charge is 0.350 e. The largest absolute Gasteiger partial charge is 0.465 e. The van der Waals surface area contributed by atoms with Crippen LogP contribution in [-0.4, -0.2) is 31.3 Å². The van der Waals surface area contributed by atoms with E-state index in [1.165, 1.54) is 29.6 Å². The molecule has 2 aromatic heterocycles. The maximum atomic E-state index is 12.3. The van der Waals surface area contributed by atoms with E-state index in [-0.39, 0.29) is 20.5 Å². The molecule has 2 heterocycles. The molecule has 1 N–H and O–H groups in total. The highest BCUT2D eigenvalue weighted by Crippen LogP contribution is 2.34. The molecule has 0 spiro atoms. The van der Waals surface area contributed by atoms with Crippen molar-refractivity contribution in [3.8, 4) is 0 Å². The number of aromatic nitrogens is 2. The molecule has 0 aliphatic carbocycles. The van der Waals surface area contributed by atoms with E-state index < -0.39 is 16.0 Å². The lowest BCUT2D eigenvalue weighted by Crippen LogP contribution is -2.14. The van der Waals surface area contributed by atoms with Crippen LogP contribution in [0.4, 0.5) is 5.69 Å². The number of carbonyl (C=O) groups excluding carboxylic acids is 1. The molecule has 0 saturated carbocycles. The number of esters is 1. The summed E-state index contributed by atoms with van der Waals surface area (Å²) < 4.78 is 32.9. The summed E-state index contributed by atoms with van der Waals surface area (Å²) in [7, 11) is -2.67. The van der Waals surface area contributed by atoms with Gasteiger partial charge in [-0.25, -0.2) is 13.2 Å². The molecule has 0 unspecified atom stereocenters. The van der Waals surface area contributed by atoms with Crippen molar-refractivity contribution in [2.24, 2.45) is 0 Å². The number of nitrogens with one attached hydrogen (secondary N) is 1. The Labute approximate surface area is 130 Å². The van der Waals surface area contributed by atoms with Crippen molar-refractivity contribution < 1.29 is 17.9 Å². The molecule has 0 aromatic carbocycles. The van der Waals surface area contributed by atoms with Crippen LogP contribution in [0.2, 0.25) is 5.02 Å². The molecule has 21 heavy (non-hydrogen) atoms. The summed E-state index contributed by atoms with van der Waals surface area (Å²) in [5.41, 5.74) is 0.0118. The van der Waals surface area contributed by atoms with Crippen molar-refractivity contribution in [1.82, 2.24) is 9.78 Å². The third-order valence-corrected chi connectivity index (χ3v) is 5.29. The zero-order chi connectivity index (χ0) is 15.6. The Morgan fingerprint density at radius 1 is 1.57 bits per heavy atom. The van der Waals surface area contributed by atoms with Gasteiger partial charge in [-0.05, 0) is 6.92 Å². The number of thiophene rings is 1. The van der Waals surface area contributed by atoms with E-state index in [4.69, 9.17) is 11.6 Å². The van der Waals surface area contributed by atoms with E-state index >= 15 is 0 Å². The molecule has 0 fully saturated rings. The second kappa shape index (κ2) is 6.04.